The summed E-state index contributed by atoms with van der Waals surface area (Å²) in [5.74, 6) is 0. The Morgan fingerprint density at radius 1 is 0.424 bits per heavy atom. The summed E-state index contributed by atoms with van der Waals surface area (Å²) in [7, 11) is 0. The van der Waals surface area contributed by atoms with Gasteiger partial charge in [0.1, 0.15) is 0 Å². The zero-order valence-corrected chi connectivity index (χ0v) is 23.2. The van der Waals surface area contributed by atoms with Crippen molar-refractivity contribution in [2.45, 2.75) is 193 Å². The van der Waals surface area contributed by atoms with Crippen LogP contribution in [-0.2, 0) is 4.79 Å². The van der Waals surface area contributed by atoms with Gasteiger partial charge in [0.15, 0.2) is 0 Å². The van der Waals surface area contributed by atoms with E-state index in [0.717, 1.165) is 6.41 Å². The summed E-state index contributed by atoms with van der Waals surface area (Å²) in [6.45, 7) is 4.58. The second-order valence-corrected chi connectivity index (χ2v) is 10.7. The number of carbonyl (C=O) groups excluding carboxylic acids is 1. The first-order valence-electron chi connectivity index (χ1n) is 15.5. The number of unbranched alkanes of at least 4 members (excludes halogenated alkanes) is 23. The van der Waals surface area contributed by atoms with Gasteiger partial charge >= 0.3 is 0 Å². The smallest absolute Gasteiger partial charge is 0.207 e. The molecular weight excluding hydrogens is 402 g/mol. The predicted octanol–water partition coefficient (Wildman–Crippen LogP) is 10.7. The van der Waals surface area contributed by atoms with Crippen LogP contribution in [0.5, 0.6) is 0 Å². The fourth-order valence-corrected chi connectivity index (χ4v) is 5.05. The monoisotopic (exact) mass is 465 g/mol. The van der Waals surface area contributed by atoms with Gasteiger partial charge in [0.25, 0.3) is 0 Å². The Balaban J connectivity index is 3.39. The molecule has 0 saturated carbocycles. The highest BCUT2D eigenvalue weighted by molar-refractivity contribution is 5.46. The zero-order valence-electron chi connectivity index (χ0n) is 23.2. The number of rotatable bonds is 29. The van der Waals surface area contributed by atoms with Crippen LogP contribution in [0.25, 0.3) is 0 Å². The highest BCUT2D eigenvalue weighted by Gasteiger charge is 2.07. The lowest BCUT2D eigenvalue weighted by molar-refractivity contribution is -0.110. The lowest BCUT2D eigenvalue weighted by Gasteiger charge is -2.16. The van der Waals surface area contributed by atoms with E-state index in [1.165, 1.54) is 173 Å². The third kappa shape index (κ3) is 27.6. The third-order valence-corrected chi connectivity index (χ3v) is 7.37. The largest absolute Gasteiger partial charge is 0.356 e. The van der Waals surface area contributed by atoms with Crippen molar-refractivity contribution in [2.24, 2.45) is 0 Å². The maximum Gasteiger partial charge on any atom is 0.207 e. The molecule has 1 N–H and O–H groups in total. The molecule has 0 aliphatic rings. The van der Waals surface area contributed by atoms with Gasteiger partial charge in [-0.1, -0.05) is 174 Å². The quantitative estimate of drug-likeness (QED) is 0.0863. The predicted molar refractivity (Wildman–Crippen MR) is 149 cm³/mol. The molecule has 2 heteroatoms. The molecule has 0 aromatic carbocycles. The van der Waals surface area contributed by atoms with Crippen molar-refractivity contribution in [2.75, 3.05) is 0 Å². The normalized spacial score (nSPS) is 12.2. The Labute approximate surface area is 209 Å². The molecular formula is C31H63NO. The first-order chi connectivity index (χ1) is 16.3. The van der Waals surface area contributed by atoms with E-state index >= 15 is 0 Å². The van der Waals surface area contributed by atoms with E-state index in [0.29, 0.717) is 6.04 Å². The highest BCUT2D eigenvalue weighted by Crippen LogP contribution is 2.16. The molecule has 0 aromatic heterocycles. The Morgan fingerprint density at radius 3 is 0.909 bits per heavy atom. The maximum absolute atomic E-state index is 11.0. The van der Waals surface area contributed by atoms with E-state index in [1.807, 2.05) is 0 Å². The first kappa shape index (κ1) is 32.5. The molecule has 0 aliphatic carbocycles. The van der Waals surface area contributed by atoms with Gasteiger partial charge in [-0.15, -0.1) is 0 Å². The van der Waals surface area contributed by atoms with E-state index in [1.54, 1.807) is 0 Å². The molecule has 198 valence electrons. The van der Waals surface area contributed by atoms with Gasteiger partial charge in [-0.05, 0) is 12.8 Å². The molecule has 0 aliphatic heterocycles. The lowest BCUT2D eigenvalue weighted by Crippen LogP contribution is -2.27. The minimum Gasteiger partial charge on any atom is -0.356 e. The maximum atomic E-state index is 11.0. The van der Waals surface area contributed by atoms with Gasteiger partial charge in [0.05, 0.1) is 0 Å². The minimum absolute atomic E-state index is 0.415. The van der Waals surface area contributed by atoms with Crippen LogP contribution in [0.1, 0.15) is 187 Å². The summed E-state index contributed by atoms with van der Waals surface area (Å²) < 4.78 is 0. The molecule has 0 saturated heterocycles. The molecule has 0 aromatic rings. The van der Waals surface area contributed by atoms with E-state index in [-0.39, 0.29) is 0 Å². The Morgan fingerprint density at radius 2 is 0.667 bits per heavy atom. The number of nitrogens with one attached hydrogen (secondary N) is 1. The van der Waals surface area contributed by atoms with Gasteiger partial charge in [0, 0.05) is 6.04 Å². The van der Waals surface area contributed by atoms with Crippen molar-refractivity contribution in [3.63, 3.8) is 0 Å². The van der Waals surface area contributed by atoms with Crippen LogP contribution >= 0.6 is 0 Å². The molecule has 0 radical (unpaired) electrons. The van der Waals surface area contributed by atoms with Gasteiger partial charge in [-0.25, -0.2) is 0 Å². The first-order valence-corrected chi connectivity index (χ1v) is 15.5. The van der Waals surface area contributed by atoms with E-state index in [4.69, 9.17) is 0 Å². The summed E-state index contributed by atoms with van der Waals surface area (Å²) in [5.41, 5.74) is 0. The Hall–Kier alpha value is -0.530. The van der Waals surface area contributed by atoms with Crippen molar-refractivity contribution in [1.29, 1.82) is 0 Å². The molecule has 0 bridgehead atoms. The summed E-state index contributed by atoms with van der Waals surface area (Å²) in [6, 6.07) is 0.415. The van der Waals surface area contributed by atoms with E-state index in [2.05, 4.69) is 19.2 Å². The lowest BCUT2D eigenvalue weighted by atomic mass is 9.99. The molecule has 2 nitrogen and oxygen atoms in total. The van der Waals surface area contributed by atoms with Crippen LogP contribution < -0.4 is 5.32 Å². The minimum atomic E-state index is 0.415. The van der Waals surface area contributed by atoms with Crippen molar-refractivity contribution in [3.8, 4) is 0 Å². The molecule has 0 fully saturated rings. The molecule has 1 atom stereocenters. The van der Waals surface area contributed by atoms with Gasteiger partial charge < -0.3 is 5.32 Å². The fraction of sp³-hybridized carbons (Fsp3) is 0.968. The molecule has 0 spiro atoms. The van der Waals surface area contributed by atoms with Crippen molar-refractivity contribution in [1.82, 2.24) is 5.32 Å². The van der Waals surface area contributed by atoms with Crippen molar-refractivity contribution in [3.05, 3.63) is 0 Å². The summed E-state index contributed by atoms with van der Waals surface area (Å²) in [6.07, 6.45) is 38.3. The van der Waals surface area contributed by atoms with Crippen LogP contribution in [0, 0.1) is 0 Å². The van der Waals surface area contributed by atoms with E-state index in [9.17, 15) is 4.79 Å². The van der Waals surface area contributed by atoms with Gasteiger partial charge in [-0.3, -0.25) is 4.79 Å². The number of hydrogen-bond acceptors (Lipinski definition) is 1. The molecule has 0 rings (SSSR count). The zero-order chi connectivity index (χ0) is 24.1. The second-order valence-electron chi connectivity index (χ2n) is 10.7. The SMILES string of the molecule is CCCCCCCCCCCCCCCC(CCCCCCCCCCCCCC)NC=O. The molecule has 0 heterocycles. The van der Waals surface area contributed by atoms with Crippen molar-refractivity contribution < 1.29 is 4.79 Å². The van der Waals surface area contributed by atoms with Gasteiger partial charge in [-0.2, -0.15) is 0 Å². The molecule has 1 unspecified atom stereocenters. The van der Waals surface area contributed by atoms with Gasteiger partial charge in [0.2, 0.25) is 6.41 Å². The van der Waals surface area contributed by atoms with Crippen LogP contribution in [0.4, 0.5) is 0 Å². The third-order valence-electron chi connectivity index (χ3n) is 7.37. The average molecular weight is 466 g/mol. The van der Waals surface area contributed by atoms with Crippen LogP contribution in [0.15, 0.2) is 0 Å². The summed E-state index contributed by atoms with van der Waals surface area (Å²) in [4.78, 5) is 11.0. The average Bonchev–Trinajstić information content (AvgIpc) is 2.82. The Bertz CT molecular complexity index is 357. The highest BCUT2D eigenvalue weighted by atomic mass is 16.1. The molecule has 33 heavy (non-hydrogen) atoms. The second kappa shape index (κ2) is 29.5. The standard InChI is InChI=1S/C31H63NO/c1-3-5-7-9-11-13-15-17-19-21-23-25-27-29-31(32-30-33)28-26-24-22-20-18-16-14-12-10-8-6-4-2/h30-31H,3-29H2,1-2H3,(H,32,33). The van der Waals surface area contributed by atoms with Crippen LogP contribution in [0.3, 0.4) is 0 Å². The van der Waals surface area contributed by atoms with Crippen molar-refractivity contribution >= 4 is 6.41 Å². The number of amides is 1. The van der Waals surface area contributed by atoms with Crippen LogP contribution in [-0.4, -0.2) is 12.5 Å². The Kier molecular flexibility index (Phi) is 29.0. The van der Waals surface area contributed by atoms with Crippen LogP contribution in [0.2, 0.25) is 0 Å². The van der Waals surface area contributed by atoms with E-state index < -0.39 is 0 Å². The fourth-order valence-electron chi connectivity index (χ4n) is 5.05. The number of carbonyl (C=O) groups is 1. The summed E-state index contributed by atoms with van der Waals surface area (Å²) in [5, 5.41) is 3.09. The summed E-state index contributed by atoms with van der Waals surface area (Å²) >= 11 is 0. The molecule has 1 amide bonds. The number of hydrogen-bond donors (Lipinski definition) is 1. The topological polar surface area (TPSA) is 29.1 Å².